The second kappa shape index (κ2) is 5.45. The maximum atomic E-state index is 6.21. The first kappa shape index (κ1) is 16.1. The van der Waals surface area contributed by atoms with Crippen LogP contribution in [0.3, 0.4) is 0 Å². The third-order valence-corrected chi connectivity index (χ3v) is 6.42. The summed E-state index contributed by atoms with van der Waals surface area (Å²) in [7, 11) is 0. The lowest BCUT2D eigenvalue weighted by atomic mass is 10.1. The fourth-order valence-electron chi connectivity index (χ4n) is 5.25. The molecule has 3 nitrogen and oxygen atoms in total. The summed E-state index contributed by atoms with van der Waals surface area (Å²) in [6, 6.07) is 28.6. The van der Waals surface area contributed by atoms with E-state index in [2.05, 4.69) is 90.0 Å². The van der Waals surface area contributed by atoms with Crippen molar-refractivity contribution in [2.45, 2.75) is 19.9 Å². The maximum absolute atomic E-state index is 6.21. The second-order valence-corrected chi connectivity index (χ2v) is 8.42. The van der Waals surface area contributed by atoms with E-state index in [1.54, 1.807) is 0 Å². The van der Waals surface area contributed by atoms with Crippen molar-refractivity contribution >= 4 is 55.1 Å². The van der Waals surface area contributed by atoms with E-state index in [1.807, 2.05) is 12.1 Å². The molecule has 0 unspecified atom stereocenters. The summed E-state index contributed by atoms with van der Waals surface area (Å²) >= 11 is 0. The van der Waals surface area contributed by atoms with Gasteiger partial charge in [-0.2, -0.15) is 0 Å². The number of furan rings is 1. The number of fused-ring (bicyclic) bond motifs is 8. The van der Waals surface area contributed by atoms with Gasteiger partial charge in [0.2, 0.25) is 0 Å². The molecule has 3 heteroatoms. The molecule has 0 aliphatic carbocycles. The molecule has 4 aromatic carbocycles. The lowest BCUT2D eigenvalue weighted by Gasteiger charge is -2.35. The Kier molecular flexibility index (Phi) is 2.93. The molecule has 30 heavy (non-hydrogen) atoms. The van der Waals surface area contributed by atoms with Gasteiger partial charge in [-0.25, -0.2) is 0 Å². The van der Waals surface area contributed by atoms with Crippen LogP contribution in [0.1, 0.15) is 13.8 Å². The van der Waals surface area contributed by atoms with Crippen molar-refractivity contribution in [3.05, 3.63) is 78.9 Å². The Labute approximate surface area is 173 Å². The smallest absolute Gasteiger partial charge is 0.136 e. The fraction of sp³-hybridized carbons (Fsp3) is 0.111. The molecule has 3 heterocycles. The lowest BCUT2D eigenvalue weighted by Crippen LogP contribution is -2.29. The number of nitrogens with zero attached hydrogens (tertiary/aromatic N) is 2. The number of anilines is 2. The van der Waals surface area contributed by atoms with Crippen LogP contribution in [0.2, 0.25) is 0 Å². The third-order valence-electron chi connectivity index (χ3n) is 6.42. The largest absolute Gasteiger partial charge is 0.456 e. The van der Waals surface area contributed by atoms with Crippen LogP contribution >= 0.6 is 0 Å². The van der Waals surface area contributed by atoms with Gasteiger partial charge in [-0.1, -0.05) is 42.5 Å². The normalized spacial score (nSPS) is 13.2. The van der Waals surface area contributed by atoms with Gasteiger partial charge in [0.1, 0.15) is 11.2 Å². The van der Waals surface area contributed by atoms with E-state index in [4.69, 9.17) is 4.42 Å². The molecule has 0 saturated carbocycles. The Balaban J connectivity index is 1.73. The first-order valence-electron chi connectivity index (χ1n) is 10.5. The quantitative estimate of drug-likeness (QED) is 0.290. The second-order valence-electron chi connectivity index (χ2n) is 8.42. The summed E-state index contributed by atoms with van der Waals surface area (Å²) < 4.78 is 8.65. The minimum Gasteiger partial charge on any atom is -0.456 e. The minimum atomic E-state index is 0.365. The van der Waals surface area contributed by atoms with E-state index in [0.717, 1.165) is 11.2 Å². The average Bonchev–Trinajstić information content (AvgIpc) is 3.29. The summed E-state index contributed by atoms with van der Waals surface area (Å²) in [5.41, 5.74) is 8.14. The van der Waals surface area contributed by atoms with Gasteiger partial charge in [-0.3, -0.25) is 0 Å². The van der Waals surface area contributed by atoms with Gasteiger partial charge in [-0.15, -0.1) is 0 Å². The summed E-state index contributed by atoms with van der Waals surface area (Å²) in [4.78, 5) is 2.45. The SMILES string of the molecule is CC(C)N1c2ccccc2-n2c3cc4c(cc3c3cccc1c32)oc1ccccc14. The molecule has 0 spiro atoms. The molecular weight excluding hydrogens is 368 g/mol. The van der Waals surface area contributed by atoms with Crippen LogP contribution in [0.4, 0.5) is 11.4 Å². The highest BCUT2D eigenvalue weighted by atomic mass is 16.3. The molecule has 0 atom stereocenters. The standard InChI is InChI=1S/C27H20N2O/c1-16(2)28-21-10-4-5-11-22(21)29-24-14-20-17-8-3-6-13-25(17)30-26(20)15-19(24)18-9-7-12-23(28)27(18)29/h3-16H,1-2H3. The molecule has 1 aliphatic rings. The number of rotatable bonds is 1. The van der Waals surface area contributed by atoms with Crippen LogP contribution in [-0.4, -0.2) is 10.6 Å². The van der Waals surface area contributed by atoms with E-state index in [0.29, 0.717) is 6.04 Å². The molecule has 0 bridgehead atoms. The van der Waals surface area contributed by atoms with Crippen LogP contribution in [0.15, 0.2) is 83.3 Å². The van der Waals surface area contributed by atoms with E-state index in [1.165, 1.54) is 49.6 Å². The van der Waals surface area contributed by atoms with Gasteiger partial charge in [-0.05, 0) is 50.2 Å². The minimum absolute atomic E-state index is 0.365. The summed E-state index contributed by atoms with van der Waals surface area (Å²) in [5.74, 6) is 0. The fourth-order valence-corrected chi connectivity index (χ4v) is 5.25. The van der Waals surface area contributed by atoms with Gasteiger partial charge < -0.3 is 13.9 Å². The molecule has 7 rings (SSSR count). The predicted octanol–water partition coefficient (Wildman–Crippen LogP) is 7.54. The molecule has 0 amide bonds. The summed E-state index contributed by atoms with van der Waals surface area (Å²) in [6.45, 7) is 4.51. The zero-order valence-corrected chi connectivity index (χ0v) is 16.9. The number of aromatic nitrogens is 1. The Hall–Kier alpha value is -3.72. The number of benzene rings is 4. The maximum Gasteiger partial charge on any atom is 0.136 e. The first-order valence-corrected chi connectivity index (χ1v) is 10.5. The van der Waals surface area contributed by atoms with E-state index >= 15 is 0 Å². The van der Waals surface area contributed by atoms with Gasteiger partial charge in [0, 0.05) is 27.6 Å². The summed E-state index contributed by atoms with van der Waals surface area (Å²) in [6.07, 6.45) is 0. The van der Waals surface area contributed by atoms with Crippen LogP contribution in [0.25, 0.3) is 49.4 Å². The first-order chi connectivity index (χ1) is 14.7. The van der Waals surface area contributed by atoms with Crippen molar-refractivity contribution in [1.29, 1.82) is 0 Å². The molecule has 2 aromatic heterocycles. The van der Waals surface area contributed by atoms with Crippen molar-refractivity contribution in [3.63, 3.8) is 0 Å². The average molecular weight is 388 g/mol. The Morgan fingerprint density at radius 1 is 0.633 bits per heavy atom. The van der Waals surface area contributed by atoms with Gasteiger partial charge >= 0.3 is 0 Å². The van der Waals surface area contributed by atoms with Crippen LogP contribution in [0.5, 0.6) is 0 Å². The lowest BCUT2D eigenvalue weighted by molar-refractivity contribution is 0.669. The third kappa shape index (κ3) is 1.85. The van der Waals surface area contributed by atoms with Crippen molar-refractivity contribution in [2.24, 2.45) is 0 Å². The molecule has 144 valence electrons. The van der Waals surface area contributed by atoms with E-state index in [9.17, 15) is 0 Å². The van der Waals surface area contributed by atoms with Gasteiger partial charge in [0.25, 0.3) is 0 Å². The number of para-hydroxylation sites is 4. The highest BCUT2D eigenvalue weighted by molar-refractivity contribution is 6.20. The molecule has 0 radical (unpaired) electrons. The number of hydrogen-bond donors (Lipinski definition) is 0. The molecule has 1 aliphatic heterocycles. The predicted molar refractivity (Wildman–Crippen MR) is 125 cm³/mol. The topological polar surface area (TPSA) is 21.3 Å². The monoisotopic (exact) mass is 388 g/mol. The van der Waals surface area contributed by atoms with Crippen molar-refractivity contribution in [1.82, 2.24) is 4.57 Å². The molecular formula is C27H20N2O. The van der Waals surface area contributed by atoms with Gasteiger partial charge in [0.05, 0.1) is 28.1 Å². The Bertz CT molecular complexity index is 1630. The Morgan fingerprint density at radius 2 is 1.37 bits per heavy atom. The highest BCUT2D eigenvalue weighted by Crippen LogP contribution is 2.48. The summed E-state index contributed by atoms with van der Waals surface area (Å²) in [5, 5.41) is 4.84. The van der Waals surface area contributed by atoms with Gasteiger partial charge in [0.15, 0.2) is 0 Å². The van der Waals surface area contributed by atoms with E-state index in [-0.39, 0.29) is 0 Å². The number of hydrogen-bond acceptors (Lipinski definition) is 2. The van der Waals surface area contributed by atoms with Crippen LogP contribution in [0, 0.1) is 0 Å². The van der Waals surface area contributed by atoms with Crippen LogP contribution in [-0.2, 0) is 0 Å². The molecule has 6 aromatic rings. The Morgan fingerprint density at radius 3 is 2.23 bits per heavy atom. The zero-order valence-electron chi connectivity index (χ0n) is 16.9. The molecule has 0 fully saturated rings. The highest BCUT2D eigenvalue weighted by Gasteiger charge is 2.28. The van der Waals surface area contributed by atoms with Crippen molar-refractivity contribution < 1.29 is 4.42 Å². The van der Waals surface area contributed by atoms with E-state index < -0.39 is 0 Å². The van der Waals surface area contributed by atoms with Crippen LogP contribution < -0.4 is 4.90 Å². The van der Waals surface area contributed by atoms with Crippen molar-refractivity contribution in [3.8, 4) is 5.69 Å². The zero-order chi connectivity index (χ0) is 20.0. The van der Waals surface area contributed by atoms with Crippen molar-refractivity contribution in [2.75, 3.05) is 4.90 Å². The molecule has 0 N–H and O–H groups in total. The molecule has 0 saturated heterocycles.